The van der Waals surface area contributed by atoms with Gasteiger partial charge in [0, 0.05) is 16.8 Å². The summed E-state index contributed by atoms with van der Waals surface area (Å²) in [6.45, 7) is 3.97. The van der Waals surface area contributed by atoms with Crippen LogP contribution in [0.2, 0.25) is 0 Å². The number of rotatable bonds is 3. The molecule has 86 valence electrons. The highest BCUT2D eigenvalue weighted by molar-refractivity contribution is 5.96. The Morgan fingerprint density at radius 3 is 2.62 bits per heavy atom. The third-order valence-electron chi connectivity index (χ3n) is 3.05. The van der Waals surface area contributed by atoms with Gasteiger partial charge >= 0.3 is 0 Å². The number of aryl methyl sites for hydroxylation is 1. The molecule has 1 aromatic rings. The average Bonchev–Trinajstić information content (AvgIpc) is 2.95. The van der Waals surface area contributed by atoms with Crippen molar-refractivity contribution in [3.8, 4) is 0 Å². The number of hydrogen-bond acceptors (Lipinski definition) is 3. The molecule has 2 rings (SSSR count). The smallest absolute Gasteiger partial charge is 0.251 e. The van der Waals surface area contributed by atoms with E-state index in [1.165, 1.54) is 0 Å². The standard InChI is InChI=1S/C12H17N3O/c1-8-7-9(15-13)3-4-10(8)11(16)14-12(2)5-6-12/h3-4,7,15H,5-6,13H2,1-2H3,(H,14,16). The third kappa shape index (κ3) is 2.17. The van der Waals surface area contributed by atoms with Gasteiger partial charge in [-0.05, 0) is 50.5 Å². The van der Waals surface area contributed by atoms with Crippen LogP contribution in [0.25, 0.3) is 0 Å². The van der Waals surface area contributed by atoms with Gasteiger partial charge in [0.05, 0.1) is 0 Å². The molecule has 0 spiro atoms. The van der Waals surface area contributed by atoms with E-state index < -0.39 is 0 Å². The molecule has 4 nitrogen and oxygen atoms in total. The van der Waals surface area contributed by atoms with E-state index in [-0.39, 0.29) is 11.4 Å². The molecule has 16 heavy (non-hydrogen) atoms. The van der Waals surface area contributed by atoms with Crippen LogP contribution < -0.4 is 16.6 Å². The summed E-state index contributed by atoms with van der Waals surface area (Å²) in [7, 11) is 0. The highest BCUT2D eigenvalue weighted by Gasteiger charge is 2.38. The maximum atomic E-state index is 12.0. The Morgan fingerprint density at radius 2 is 2.12 bits per heavy atom. The predicted molar refractivity (Wildman–Crippen MR) is 64.1 cm³/mol. The molecule has 0 unspecified atom stereocenters. The van der Waals surface area contributed by atoms with E-state index in [0.717, 1.165) is 24.1 Å². The first-order chi connectivity index (χ1) is 7.54. The summed E-state index contributed by atoms with van der Waals surface area (Å²) in [4.78, 5) is 12.0. The number of carbonyl (C=O) groups is 1. The SMILES string of the molecule is Cc1cc(NN)ccc1C(=O)NC1(C)CC1. The number of hydrogen-bond donors (Lipinski definition) is 3. The molecule has 1 aromatic carbocycles. The van der Waals surface area contributed by atoms with Crippen LogP contribution in [0.5, 0.6) is 0 Å². The van der Waals surface area contributed by atoms with E-state index in [2.05, 4.69) is 17.7 Å². The highest BCUT2D eigenvalue weighted by Crippen LogP contribution is 2.34. The molecule has 0 saturated heterocycles. The Hall–Kier alpha value is -1.55. The van der Waals surface area contributed by atoms with Gasteiger partial charge in [0.15, 0.2) is 0 Å². The lowest BCUT2D eigenvalue weighted by atomic mass is 10.1. The molecule has 0 aliphatic heterocycles. The van der Waals surface area contributed by atoms with Crippen molar-refractivity contribution >= 4 is 11.6 Å². The first-order valence-electron chi connectivity index (χ1n) is 5.44. The van der Waals surface area contributed by atoms with Crippen molar-refractivity contribution in [1.82, 2.24) is 5.32 Å². The quantitative estimate of drug-likeness (QED) is 0.534. The first kappa shape index (κ1) is 11.0. The molecule has 1 aliphatic carbocycles. The lowest BCUT2D eigenvalue weighted by molar-refractivity contribution is 0.0935. The Bertz CT molecular complexity index is 424. The maximum Gasteiger partial charge on any atom is 0.251 e. The molecule has 0 atom stereocenters. The van der Waals surface area contributed by atoms with Crippen molar-refractivity contribution in [1.29, 1.82) is 0 Å². The summed E-state index contributed by atoms with van der Waals surface area (Å²) in [5, 5.41) is 3.03. The minimum atomic E-state index is 0.000992. The zero-order valence-electron chi connectivity index (χ0n) is 9.63. The molecule has 0 heterocycles. The van der Waals surface area contributed by atoms with Gasteiger partial charge < -0.3 is 10.7 Å². The first-order valence-corrected chi connectivity index (χ1v) is 5.44. The highest BCUT2D eigenvalue weighted by atomic mass is 16.1. The fourth-order valence-electron chi connectivity index (χ4n) is 1.66. The van der Waals surface area contributed by atoms with E-state index >= 15 is 0 Å². The number of anilines is 1. The van der Waals surface area contributed by atoms with Crippen LogP contribution in [0.15, 0.2) is 18.2 Å². The summed E-state index contributed by atoms with van der Waals surface area (Å²) in [6.07, 6.45) is 2.14. The molecule has 0 bridgehead atoms. The lowest BCUT2D eigenvalue weighted by Crippen LogP contribution is -2.34. The second-order valence-corrected chi connectivity index (χ2v) is 4.69. The Morgan fingerprint density at radius 1 is 1.44 bits per heavy atom. The van der Waals surface area contributed by atoms with Gasteiger partial charge in [-0.3, -0.25) is 10.6 Å². The molecule has 1 aliphatic rings. The Balaban J connectivity index is 2.16. The normalized spacial score (nSPS) is 16.7. The van der Waals surface area contributed by atoms with Gasteiger partial charge in [0.2, 0.25) is 0 Å². The number of nitrogens with two attached hydrogens (primary N) is 1. The van der Waals surface area contributed by atoms with Gasteiger partial charge in [-0.25, -0.2) is 0 Å². The van der Waals surface area contributed by atoms with Crippen LogP contribution in [0, 0.1) is 6.92 Å². The molecule has 0 aromatic heterocycles. The van der Waals surface area contributed by atoms with Gasteiger partial charge in [0.25, 0.3) is 5.91 Å². The van der Waals surface area contributed by atoms with E-state index in [9.17, 15) is 4.79 Å². The third-order valence-corrected chi connectivity index (χ3v) is 3.05. The second kappa shape index (κ2) is 3.79. The fraction of sp³-hybridized carbons (Fsp3) is 0.417. The number of nitrogens with one attached hydrogen (secondary N) is 2. The molecular weight excluding hydrogens is 202 g/mol. The van der Waals surface area contributed by atoms with Crippen molar-refractivity contribution in [2.75, 3.05) is 5.43 Å². The van der Waals surface area contributed by atoms with Crippen molar-refractivity contribution in [2.24, 2.45) is 5.84 Å². The zero-order valence-corrected chi connectivity index (χ0v) is 9.63. The second-order valence-electron chi connectivity index (χ2n) is 4.69. The summed E-state index contributed by atoms with van der Waals surface area (Å²) in [6, 6.07) is 5.47. The van der Waals surface area contributed by atoms with Crippen LogP contribution in [0.4, 0.5) is 5.69 Å². The van der Waals surface area contributed by atoms with Gasteiger partial charge in [-0.15, -0.1) is 0 Å². The average molecular weight is 219 g/mol. The molecule has 1 amide bonds. The number of carbonyl (C=O) groups excluding carboxylic acids is 1. The van der Waals surface area contributed by atoms with Crippen molar-refractivity contribution in [3.63, 3.8) is 0 Å². The van der Waals surface area contributed by atoms with Gasteiger partial charge in [-0.2, -0.15) is 0 Å². The number of amides is 1. The van der Waals surface area contributed by atoms with Crippen LogP contribution in [0.3, 0.4) is 0 Å². The molecule has 1 saturated carbocycles. The molecular formula is C12H17N3O. The van der Waals surface area contributed by atoms with Gasteiger partial charge in [0.1, 0.15) is 0 Å². The molecule has 4 heteroatoms. The Labute approximate surface area is 95.2 Å². The summed E-state index contributed by atoms with van der Waals surface area (Å²) in [5.74, 6) is 5.31. The zero-order chi connectivity index (χ0) is 11.8. The van der Waals surface area contributed by atoms with E-state index in [4.69, 9.17) is 5.84 Å². The van der Waals surface area contributed by atoms with Crippen LogP contribution in [-0.2, 0) is 0 Å². The largest absolute Gasteiger partial charge is 0.347 e. The van der Waals surface area contributed by atoms with Crippen molar-refractivity contribution in [2.45, 2.75) is 32.2 Å². The minimum Gasteiger partial charge on any atom is -0.347 e. The van der Waals surface area contributed by atoms with Gasteiger partial charge in [-0.1, -0.05) is 0 Å². The summed E-state index contributed by atoms with van der Waals surface area (Å²) < 4.78 is 0. The van der Waals surface area contributed by atoms with Crippen LogP contribution in [-0.4, -0.2) is 11.4 Å². The number of benzene rings is 1. The minimum absolute atomic E-state index is 0.000992. The maximum absolute atomic E-state index is 12.0. The van der Waals surface area contributed by atoms with E-state index in [1.807, 2.05) is 13.0 Å². The Kier molecular flexibility index (Phi) is 2.59. The summed E-state index contributed by atoms with van der Waals surface area (Å²) >= 11 is 0. The van der Waals surface area contributed by atoms with Crippen LogP contribution in [0.1, 0.15) is 35.7 Å². The number of hydrazine groups is 1. The van der Waals surface area contributed by atoms with E-state index in [0.29, 0.717) is 5.56 Å². The topological polar surface area (TPSA) is 67.1 Å². The number of nitrogen functional groups attached to an aromatic ring is 1. The van der Waals surface area contributed by atoms with E-state index in [1.54, 1.807) is 12.1 Å². The van der Waals surface area contributed by atoms with Crippen molar-refractivity contribution < 1.29 is 4.79 Å². The lowest BCUT2D eigenvalue weighted by Gasteiger charge is -2.13. The molecule has 1 fully saturated rings. The van der Waals surface area contributed by atoms with Crippen molar-refractivity contribution in [3.05, 3.63) is 29.3 Å². The fourth-order valence-corrected chi connectivity index (χ4v) is 1.66. The molecule has 4 N–H and O–H groups in total. The predicted octanol–water partition coefficient (Wildman–Crippen LogP) is 1.56. The summed E-state index contributed by atoms with van der Waals surface area (Å²) in [5.41, 5.74) is 5.04. The van der Waals surface area contributed by atoms with Crippen LogP contribution >= 0.6 is 0 Å². The molecule has 0 radical (unpaired) electrons. The monoisotopic (exact) mass is 219 g/mol.